The summed E-state index contributed by atoms with van der Waals surface area (Å²) in [5.74, 6) is -0.0656. The Morgan fingerprint density at radius 2 is 2.05 bits per heavy atom. The quantitative estimate of drug-likeness (QED) is 0.248. The Morgan fingerprint density at radius 3 is 2.70 bits per heavy atom. The third-order valence-corrected chi connectivity index (χ3v) is 7.11. The number of aliphatic hydroxyl groups is 1. The van der Waals surface area contributed by atoms with Crippen LogP contribution in [0.3, 0.4) is 0 Å². The van der Waals surface area contributed by atoms with Crippen molar-refractivity contribution in [3.8, 4) is 5.75 Å². The summed E-state index contributed by atoms with van der Waals surface area (Å²) in [7, 11) is -2.70. The van der Waals surface area contributed by atoms with E-state index in [-0.39, 0.29) is 37.2 Å². The van der Waals surface area contributed by atoms with Crippen LogP contribution in [0.2, 0.25) is 0 Å². The van der Waals surface area contributed by atoms with Gasteiger partial charge in [-0.3, -0.25) is 13.9 Å². The minimum atomic E-state index is -4.06. The molecule has 0 amide bonds. The number of aromatic nitrogens is 2. The molecule has 1 aromatic heterocycles. The third-order valence-electron chi connectivity index (χ3n) is 5.42. The van der Waals surface area contributed by atoms with Gasteiger partial charge in [0.25, 0.3) is 0 Å². The highest BCUT2D eigenvalue weighted by molar-refractivity contribution is 7.52. The number of nitrogen functional groups attached to an aromatic ring is 1. The van der Waals surface area contributed by atoms with Gasteiger partial charge in [0.2, 0.25) is 0 Å². The summed E-state index contributed by atoms with van der Waals surface area (Å²) in [6.07, 6.45) is -1.96. The number of hydrogen-bond donors (Lipinski definition) is 3. The first kappa shape index (κ1) is 28.8. The third kappa shape index (κ3) is 7.84. The molecule has 0 radical (unpaired) electrons. The van der Waals surface area contributed by atoms with Crippen LogP contribution in [0.25, 0.3) is 0 Å². The second-order valence-corrected chi connectivity index (χ2v) is 10.2. The van der Waals surface area contributed by atoms with Gasteiger partial charge in [-0.1, -0.05) is 25.1 Å². The Bertz CT molecular complexity index is 1130. The number of carbonyl (C=O) groups excluding carboxylic acids is 1. The van der Waals surface area contributed by atoms with Gasteiger partial charge < -0.3 is 29.6 Å². The van der Waals surface area contributed by atoms with E-state index in [9.17, 15) is 19.3 Å². The first-order chi connectivity index (χ1) is 17.7. The van der Waals surface area contributed by atoms with E-state index in [4.69, 9.17) is 29.0 Å². The number of esters is 1. The molecule has 2 heterocycles. The molecule has 2 aromatic rings. The summed E-state index contributed by atoms with van der Waals surface area (Å²) in [5.41, 5.74) is 4.87. The summed E-state index contributed by atoms with van der Waals surface area (Å²) < 4.78 is 42.5. The van der Waals surface area contributed by atoms with Crippen LogP contribution >= 0.6 is 7.75 Å². The van der Waals surface area contributed by atoms with Crippen LogP contribution in [-0.4, -0.2) is 65.3 Å². The second kappa shape index (κ2) is 13.1. The molecule has 0 saturated carbocycles. The molecule has 1 aliphatic rings. The number of ether oxygens (including phenoxy) is 3. The lowest BCUT2D eigenvalue weighted by Gasteiger charge is -2.25. The van der Waals surface area contributed by atoms with Crippen molar-refractivity contribution < 1.29 is 37.7 Å². The summed E-state index contributed by atoms with van der Waals surface area (Å²) in [4.78, 5) is 27.7. The van der Waals surface area contributed by atoms with Gasteiger partial charge in [0, 0.05) is 25.8 Å². The fourth-order valence-electron chi connectivity index (χ4n) is 3.64. The molecular weight excluding hydrogens is 507 g/mol. The van der Waals surface area contributed by atoms with E-state index in [1.807, 2.05) is 6.92 Å². The number of nitrogens with zero attached hydrogens (tertiary/aromatic N) is 2. The fraction of sp³-hybridized carbons (Fsp3) is 0.522. The molecule has 4 N–H and O–H groups in total. The highest BCUT2D eigenvalue weighted by Crippen LogP contribution is 2.46. The van der Waals surface area contributed by atoms with Crippen molar-refractivity contribution in [1.82, 2.24) is 14.6 Å². The number of carbonyl (C=O) groups is 1. The van der Waals surface area contributed by atoms with Crippen LogP contribution in [0.15, 0.2) is 47.4 Å². The summed E-state index contributed by atoms with van der Waals surface area (Å²) >= 11 is 0. The molecule has 0 spiro atoms. The van der Waals surface area contributed by atoms with Crippen molar-refractivity contribution in [3.63, 3.8) is 0 Å². The maximum atomic E-state index is 13.7. The molecule has 0 bridgehead atoms. The lowest BCUT2D eigenvalue weighted by molar-refractivity contribution is -0.144. The van der Waals surface area contributed by atoms with E-state index >= 15 is 0 Å². The van der Waals surface area contributed by atoms with Gasteiger partial charge in [-0.05, 0) is 31.5 Å². The molecule has 14 heteroatoms. The molecule has 6 atom stereocenters. The molecule has 3 rings (SSSR count). The number of nitrogens with one attached hydrogen (secondary N) is 1. The zero-order valence-corrected chi connectivity index (χ0v) is 21.8. The number of benzene rings is 1. The highest BCUT2D eigenvalue weighted by Gasteiger charge is 2.46. The largest absolute Gasteiger partial charge is 0.464 e. The SMILES string of the molecule is CCCC(=O)OCC(C)NP(=O)(OC[C@H]1O[C@@H](n2ccc(N)nc2=O)C(OC)C1O)Oc1ccccc1. The number of anilines is 1. The van der Waals surface area contributed by atoms with Crippen molar-refractivity contribution in [1.29, 1.82) is 0 Å². The van der Waals surface area contributed by atoms with Gasteiger partial charge in [0.1, 0.15) is 36.5 Å². The second-order valence-electron chi connectivity index (χ2n) is 8.46. The summed E-state index contributed by atoms with van der Waals surface area (Å²) in [5, 5.41) is 13.5. The zero-order valence-electron chi connectivity index (χ0n) is 20.9. The Balaban J connectivity index is 1.72. The maximum Gasteiger partial charge on any atom is 0.459 e. The van der Waals surface area contributed by atoms with Crippen molar-refractivity contribution in [2.45, 2.75) is 57.3 Å². The zero-order chi connectivity index (χ0) is 27.0. The lowest BCUT2D eigenvalue weighted by atomic mass is 10.1. The van der Waals surface area contributed by atoms with Crippen LogP contribution < -0.4 is 21.0 Å². The predicted octanol–water partition coefficient (Wildman–Crippen LogP) is 1.62. The first-order valence-corrected chi connectivity index (χ1v) is 13.3. The lowest BCUT2D eigenvalue weighted by Crippen LogP contribution is -2.38. The Labute approximate surface area is 214 Å². The normalized spacial score (nSPS) is 23.8. The molecule has 1 aliphatic heterocycles. The summed E-state index contributed by atoms with van der Waals surface area (Å²) in [6.45, 7) is 3.07. The molecular formula is C23H33N4O9P. The van der Waals surface area contributed by atoms with Crippen LogP contribution in [0, 0.1) is 0 Å². The number of aliphatic hydroxyl groups excluding tert-OH is 1. The number of para-hydroxylation sites is 1. The van der Waals surface area contributed by atoms with Gasteiger partial charge in [-0.25, -0.2) is 14.4 Å². The van der Waals surface area contributed by atoms with E-state index in [1.165, 1.54) is 19.4 Å². The van der Waals surface area contributed by atoms with Crippen LogP contribution in [-0.2, 0) is 28.1 Å². The van der Waals surface area contributed by atoms with Gasteiger partial charge in [-0.2, -0.15) is 4.98 Å². The molecule has 37 heavy (non-hydrogen) atoms. The number of rotatable bonds is 13. The average molecular weight is 541 g/mol. The Hall–Kier alpha value is -2.80. The number of hydrogen-bond acceptors (Lipinski definition) is 11. The number of methoxy groups -OCH3 is 1. The Kier molecular flexibility index (Phi) is 10.2. The fourth-order valence-corrected chi connectivity index (χ4v) is 5.17. The molecule has 1 aromatic carbocycles. The Morgan fingerprint density at radius 1 is 1.32 bits per heavy atom. The molecule has 0 aliphatic carbocycles. The van der Waals surface area contributed by atoms with Gasteiger partial charge in [0.15, 0.2) is 6.23 Å². The predicted molar refractivity (Wildman–Crippen MR) is 133 cm³/mol. The molecule has 1 fully saturated rings. The van der Waals surface area contributed by atoms with Crippen LogP contribution in [0.1, 0.15) is 32.9 Å². The van der Waals surface area contributed by atoms with Crippen molar-refractivity contribution in [3.05, 3.63) is 53.1 Å². The van der Waals surface area contributed by atoms with E-state index in [0.717, 1.165) is 4.57 Å². The standard InChI is InChI=1S/C23H33N4O9P/c1-4-8-19(28)33-13-15(2)26-37(31,36-16-9-6-5-7-10-16)34-14-17-20(29)21(32-3)22(35-17)27-12-11-18(24)25-23(27)30/h5-7,9-12,15,17,20-22,29H,4,8,13-14H2,1-3H3,(H,26,31)(H2,24,25,30)/t15?,17-,20?,21?,22-,37?/m1/s1. The molecule has 204 valence electrons. The van der Waals surface area contributed by atoms with Crippen LogP contribution in [0.5, 0.6) is 5.75 Å². The molecule has 1 saturated heterocycles. The van der Waals surface area contributed by atoms with Crippen molar-refractivity contribution in [2.24, 2.45) is 0 Å². The molecule has 13 nitrogen and oxygen atoms in total. The van der Waals surface area contributed by atoms with E-state index < -0.39 is 44.0 Å². The minimum absolute atomic E-state index is 0.0354. The van der Waals surface area contributed by atoms with Crippen LogP contribution in [0.4, 0.5) is 5.82 Å². The summed E-state index contributed by atoms with van der Waals surface area (Å²) in [6, 6.07) is 9.18. The maximum absolute atomic E-state index is 13.7. The van der Waals surface area contributed by atoms with Gasteiger partial charge in [-0.15, -0.1) is 0 Å². The van der Waals surface area contributed by atoms with Crippen molar-refractivity contribution >= 4 is 19.5 Å². The van der Waals surface area contributed by atoms with Gasteiger partial charge >= 0.3 is 19.4 Å². The van der Waals surface area contributed by atoms with Crippen molar-refractivity contribution in [2.75, 3.05) is 26.1 Å². The minimum Gasteiger partial charge on any atom is -0.464 e. The average Bonchev–Trinajstić information content (AvgIpc) is 3.17. The first-order valence-electron chi connectivity index (χ1n) is 11.8. The van der Waals surface area contributed by atoms with E-state index in [0.29, 0.717) is 6.42 Å². The molecule has 4 unspecified atom stereocenters. The number of nitrogens with two attached hydrogens (primary N) is 1. The highest BCUT2D eigenvalue weighted by atomic mass is 31.2. The van der Waals surface area contributed by atoms with E-state index in [1.54, 1.807) is 37.3 Å². The monoisotopic (exact) mass is 540 g/mol. The topological polar surface area (TPSA) is 173 Å². The van der Waals surface area contributed by atoms with E-state index in [2.05, 4.69) is 10.1 Å². The van der Waals surface area contributed by atoms with Gasteiger partial charge in [0.05, 0.1) is 6.61 Å². The smallest absolute Gasteiger partial charge is 0.459 e.